The third kappa shape index (κ3) is 3.46. The number of aryl methyl sites for hydroxylation is 3. The van der Waals surface area contributed by atoms with E-state index in [-0.39, 0.29) is 5.69 Å². The maximum atomic E-state index is 12.2. The van der Waals surface area contributed by atoms with Crippen LogP contribution in [-0.2, 0) is 20.1 Å². The summed E-state index contributed by atoms with van der Waals surface area (Å²) in [5.41, 5.74) is 4.02. The lowest BCUT2D eigenvalue weighted by molar-refractivity contribution is 0.194. The van der Waals surface area contributed by atoms with E-state index in [2.05, 4.69) is 42.0 Å². The van der Waals surface area contributed by atoms with Gasteiger partial charge in [-0.3, -0.25) is 9.47 Å². The van der Waals surface area contributed by atoms with Crippen LogP contribution in [0, 0.1) is 13.8 Å². The summed E-state index contributed by atoms with van der Waals surface area (Å²) in [4.78, 5) is 14.7. The Labute approximate surface area is 143 Å². The van der Waals surface area contributed by atoms with Gasteiger partial charge in [-0.1, -0.05) is 29.3 Å². The minimum Gasteiger partial charge on any atom is -0.298 e. The van der Waals surface area contributed by atoms with Crippen LogP contribution in [-0.4, -0.2) is 32.3 Å². The topological polar surface area (TPSA) is 43.1 Å². The van der Waals surface area contributed by atoms with Crippen LogP contribution in [0.2, 0.25) is 0 Å². The summed E-state index contributed by atoms with van der Waals surface area (Å²) in [6.07, 6.45) is 2.27. The Kier molecular flexibility index (Phi) is 4.90. The molecule has 24 heavy (non-hydrogen) atoms. The molecule has 0 N–H and O–H groups in total. The van der Waals surface area contributed by atoms with Gasteiger partial charge in [-0.15, -0.1) is 0 Å². The van der Waals surface area contributed by atoms with Gasteiger partial charge in [0.15, 0.2) is 0 Å². The van der Waals surface area contributed by atoms with Crippen molar-refractivity contribution in [1.29, 1.82) is 0 Å². The maximum Gasteiger partial charge on any atom is 0.345 e. The van der Waals surface area contributed by atoms with Gasteiger partial charge in [0.2, 0.25) is 0 Å². The van der Waals surface area contributed by atoms with E-state index in [1.54, 1.807) is 7.05 Å². The Hall–Kier alpha value is -1.88. The SMILES string of the molecule is CCn1c([C@@H]2CCCN(Cc3cc(C)cc(C)c3)C2)nn(C)c1=O. The molecule has 130 valence electrons. The first-order chi connectivity index (χ1) is 11.5. The van der Waals surface area contributed by atoms with Crippen molar-refractivity contribution in [1.82, 2.24) is 19.2 Å². The lowest BCUT2D eigenvalue weighted by Gasteiger charge is -2.32. The Balaban J connectivity index is 1.77. The third-order valence-electron chi connectivity index (χ3n) is 4.91. The average molecular weight is 328 g/mol. The van der Waals surface area contributed by atoms with Gasteiger partial charge in [-0.05, 0) is 45.7 Å². The molecule has 0 spiro atoms. The molecule has 1 aromatic carbocycles. The molecule has 0 amide bonds. The molecule has 3 rings (SSSR count). The molecule has 5 heteroatoms. The number of benzene rings is 1. The summed E-state index contributed by atoms with van der Waals surface area (Å²) in [5.74, 6) is 1.30. The van der Waals surface area contributed by atoms with Gasteiger partial charge >= 0.3 is 5.69 Å². The third-order valence-corrected chi connectivity index (χ3v) is 4.91. The second-order valence-corrected chi connectivity index (χ2v) is 7.08. The molecule has 5 nitrogen and oxygen atoms in total. The predicted octanol–water partition coefficient (Wildman–Crippen LogP) is 2.60. The normalized spacial score (nSPS) is 18.9. The van der Waals surface area contributed by atoms with Crippen LogP contribution in [0.4, 0.5) is 0 Å². The summed E-state index contributed by atoms with van der Waals surface area (Å²) in [6, 6.07) is 6.77. The Morgan fingerprint density at radius 1 is 1.21 bits per heavy atom. The van der Waals surface area contributed by atoms with Crippen molar-refractivity contribution in [2.45, 2.75) is 52.6 Å². The molecule has 1 aromatic heterocycles. The van der Waals surface area contributed by atoms with E-state index in [9.17, 15) is 4.79 Å². The summed E-state index contributed by atoms with van der Waals surface area (Å²) in [6.45, 7) is 10.1. The number of hydrogen-bond acceptors (Lipinski definition) is 3. The van der Waals surface area contributed by atoms with Crippen LogP contribution in [0.25, 0.3) is 0 Å². The fourth-order valence-electron chi connectivity index (χ4n) is 3.95. The second-order valence-electron chi connectivity index (χ2n) is 7.08. The van der Waals surface area contributed by atoms with Gasteiger partial charge in [-0.25, -0.2) is 9.48 Å². The van der Waals surface area contributed by atoms with Crippen LogP contribution in [0.15, 0.2) is 23.0 Å². The molecule has 0 unspecified atom stereocenters. The van der Waals surface area contributed by atoms with E-state index >= 15 is 0 Å². The standard InChI is InChI=1S/C19H28N4O/c1-5-23-18(20-21(4)19(23)24)17-7-6-8-22(13-17)12-16-10-14(2)9-15(3)11-16/h9-11,17H,5-8,12-13H2,1-4H3/t17-/m1/s1. The maximum absolute atomic E-state index is 12.2. The van der Waals surface area contributed by atoms with Gasteiger partial charge < -0.3 is 0 Å². The van der Waals surface area contributed by atoms with Gasteiger partial charge in [0.25, 0.3) is 0 Å². The average Bonchev–Trinajstić information content (AvgIpc) is 2.81. The van der Waals surface area contributed by atoms with Crippen molar-refractivity contribution >= 4 is 0 Å². The minimum absolute atomic E-state index is 0.000988. The fourth-order valence-corrected chi connectivity index (χ4v) is 3.95. The molecule has 1 fully saturated rings. The Morgan fingerprint density at radius 3 is 2.58 bits per heavy atom. The zero-order valence-electron chi connectivity index (χ0n) is 15.2. The van der Waals surface area contributed by atoms with Crippen molar-refractivity contribution in [3.05, 3.63) is 51.2 Å². The highest BCUT2D eigenvalue weighted by molar-refractivity contribution is 5.28. The zero-order valence-corrected chi connectivity index (χ0v) is 15.2. The highest BCUT2D eigenvalue weighted by atomic mass is 16.2. The smallest absolute Gasteiger partial charge is 0.298 e. The summed E-state index contributed by atoms with van der Waals surface area (Å²) in [7, 11) is 1.74. The molecule has 2 aromatic rings. The van der Waals surface area contributed by atoms with Crippen LogP contribution >= 0.6 is 0 Å². The Bertz CT molecular complexity index is 754. The molecule has 1 aliphatic rings. The number of hydrogen-bond donors (Lipinski definition) is 0. The molecule has 1 atom stereocenters. The van der Waals surface area contributed by atoms with Crippen LogP contribution in [0.1, 0.15) is 48.2 Å². The van der Waals surface area contributed by atoms with E-state index in [1.807, 2.05) is 11.5 Å². The first kappa shape index (κ1) is 17.0. The molecular weight excluding hydrogens is 300 g/mol. The van der Waals surface area contributed by atoms with Crippen molar-refractivity contribution in [3.8, 4) is 0 Å². The van der Waals surface area contributed by atoms with Gasteiger partial charge in [0.1, 0.15) is 5.82 Å². The molecule has 0 radical (unpaired) electrons. The van der Waals surface area contributed by atoms with Crippen molar-refractivity contribution < 1.29 is 0 Å². The number of rotatable bonds is 4. The number of aromatic nitrogens is 3. The highest BCUT2D eigenvalue weighted by Crippen LogP contribution is 2.26. The largest absolute Gasteiger partial charge is 0.345 e. The number of piperidine rings is 1. The molecule has 1 aliphatic heterocycles. The van der Waals surface area contributed by atoms with Gasteiger partial charge in [-0.2, -0.15) is 5.10 Å². The molecule has 0 aliphatic carbocycles. The van der Waals surface area contributed by atoms with Crippen LogP contribution in [0.5, 0.6) is 0 Å². The lowest BCUT2D eigenvalue weighted by Crippen LogP contribution is -2.35. The van der Waals surface area contributed by atoms with E-state index in [0.29, 0.717) is 12.5 Å². The summed E-state index contributed by atoms with van der Waals surface area (Å²) in [5, 5.41) is 4.51. The second kappa shape index (κ2) is 6.93. The van der Waals surface area contributed by atoms with Crippen molar-refractivity contribution in [2.75, 3.05) is 13.1 Å². The summed E-state index contributed by atoms with van der Waals surface area (Å²) >= 11 is 0. The minimum atomic E-state index is -0.000988. The molecule has 2 heterocycles. The van der Waals surface area contributed by atoms with E-state index < -0.39 is 0 Å². The molecule has 1 saturated heterocycles. The summed E-state index contributed by atoms with van der Waals surface area (Å²) < 4.78 is 3.30. The first-order valence-electron chi connectivity index (χ1n) is 8.91. The first-order valence-corrected chi connectivity index (χ1v) is 8.91. The molecular formula is C19H28N4O. The highest BCUT2D eigenvalue weighted by Gasteiger charge is 2.26. The van der Waals surface area contributed by atoms with E-state index in [1.165, 1.54) is 21.4 Å². The number of likely N-dealkylation sites (tertiary alicyclic amines) is 1. The van der Waals surface area contributed by atoms with Crippen LogP contribution in [0.3, 0.4) is 0 Å². The van der Waals surface area contributed by atoms with Crippen LogP contribution < -0.4 is 5.69 Å². The fraction of sp³-hybridized carbons (Fsp3) is 0.579. The zero-order chi connectivity index (χ0) is 17.3. The Morgan fingerprint density at radius 2 is 1.92 bits per heavy atom. The van der Waals surface area contributed by atoms with E-state index in [0.717, 1.165) is 38.3 Å². The predicted molar refractivity (Wildman–Crippen MR) is 96.3 cm³/mol. The monoisotopic (exact) mass is 328 g/mol. The van der Waals surface area contributed by atoms with Gasteiger partial charge in [0.05, 0.1) is 0 Å². The van der Waals surface area contributed by atoms with Crippen molar-refractivity contribution in [3.63, 3.8) is 0 Å². The quantitative estimate of drug-likeness (QED) is 0.866. The molecule has 0 saturated carbocycles. The lowest BCUT2D eigenvalue weighted by atomic mass is 9.96. The van der Waals surface area contributed by atoms with Gasteiger partial charge in [0, 0.05) is 32.6 Å². The molecule has 0 bridgehead atoms. The van der Waals surface area contributed by atoms with Crippen molar-refractivity contribution in [2.24, 2.45) is 7.05 Å². The van der Waals surface area contributed by atoms with E-state index in [4.69, 9.17) is 0 Å². The number of nitrogens with zero attached hydrogens (tertiary/aromatic N) is 4.